The molecule has 1 aromatic heterocycles. The molecule has 2 aromatic rings. The van der Waals surface area contributed by atoms with Crippen molar-refractivity contribution in [3.05, 3.63) is 41.3 Å². The molecule has 0 fully saturated rings. The van der Waals surface area contributed by atoms with Crippen molar-refractivity contribution in [2.24, 2.45) is 0 Å². The number of nitrogens with zero attached hydrogens (tertiary/aromatic N) is 3. The molecular formula is C15H16N4O. The largest absolute Gasteiger partial charge is 0.497 e. The number of benzene rings is 1. The van der Waals surface area contributed by atoms with Crippen LogP contribution in [0.4, 0.5) is 5.82 Å². The van der Waals surface area contributed by atoms with E-state index < -0.39 is 0 Å². The van der Waals surface area contributed by atoms with Crippen molar-refractivity contribution in [1.82, 2.24) is 9.55 Å². The first-order valence-electron chi connectivity index (χ1n) is 6.68. The predicted octanol–water partition coefficient (Wildman–Crippen LogP) is 2.17. The number of fused-ring (bicyclic) bond motifs is 1. The van der Waals surface area contributed by atoms with Crippen LogP contribution in [0.3, 0.4) is 0 Å². The van der Waals surface area contributed by atoms with Crippen LogP contribution in [0.25, 0.3) is 0 Å². The lowest BCUT2D eigenvalue weighted by atomic mass is 10.1. The summed E-state index contributed by atoms with van der Waals surface area (Å²) < 4.78 is 7.27. The highest BCUT2D eigenvalue weighted by molar-refractivity contribution is 5.51. The molecule has 5 nitrogen and oxygen atoms in total. The van der Waals surface area contributed by atoms with Gasteiger partial charge in [0.15, 0.2) is 5.69 Å². The van der Waals surface area contributed by atoms with Gasteiger partial charge in [-0.2, -0.15) is 5.26 Å². The summed E-state index contributed by atoms with van der Waals surface area (Å²) in [6, 6.07) is 10.1. The van der Waals surface area contributed by atoms with E-state index in [0.29, 0.717) is 5.69 Å². The number of hydrogen-bond donors (Lipinski definition) is 1. The molecule has 3 rings (SSSR count). The lowest BCUT2D eigenvalue weighted by Gasteiger charge is -2.18. The predicted molar refractivity (Wildman–Crippen MR) is 75.8 cm³/mol. The Kier molecular flexibility index (Phi) is 3.30. The van der Waals surface area contributed by atoms with E-state index in [9.17, 15) is 0 Å². The molecule has 2 heterocycles. The highest BCUT2D eigenvalue weighted by atomic mass is 16.5. The van der Waals surface area contributed by atoms with Gasteiger partial charge in [0.25, 0.3) is 0 Å². The molecule has 0 bridgehead atoms. The van der Waals surface area contributed by atoms with E-state index >= 15 is 0 Å². The minimum absolute atomic E-state index is 0.494. The van der Waals surface area contributed by atoms with Gasteiger partial charge in [0, 0.05) is 19.5 Å². The van der Waals surface area contributed by atoms with Gasteiger partial charge in [-0.15, -0.1) is 0 Å². The zero-order valence-electron chi connectivity index (χ0n) is 11.4. The van der Waals surface area contributed by atoms with Gasteiger partial charge in [0.2, 0.25) is 0 Å². The molecular weight excluding hydrogens is 252 g/mol. The number of ether oxygens (including phenoxy) is 1. The Morgan fingerprint density at radius 3 is 2.90 bits per heavy atom. The molecule has 0 amide bonds. The maximum absolute atomic E-state index is 9.16. The fraction of sp³-hybridized carbons (Fsp3) is 0.333. The van der Waals surface area contributed by atoms with Crippen molar-refractivity contribution < 1.29 is 4.74 Å². The van der Waals surface area contributed by atoms with Gasteiger partial charge in [-0.05, 0) is 24.1 Å². The first-order chi connectivity index (χ1) is 9.81. The van der Waals surface area contributed by atoms with E-state index in [1.807, 2.05) is 24.3 Å². The summed E-state index contributed by atoms with van der Waals surface area (Å²) in [6.45, 7) is 1.82. The van der Waals surface area contributed by atoms with Crippen LogP contribution in [0.15, 0.2) is 24.3 Å². The summed E-state index contributed by atoms with van der Waals surface area (Å²) in [5.41, 5.74) is 1.65. The van der Waals surface area contributed by atoms with Crippen molar-refractivity contribution >= 4 is 5.82 Å². The molecule has 1 aliphatic rings. The van der Waals surface area contributed by atoms with Crippen LogP contribution in [0.5, 0.6) is 5.75 Å². The van der Waals surface area contributed by atoms with E-state index in [1.165, 1.54) is 0 Å². The first-order valence-corrected chi connectivity index (χ1v) is 6.68. The normalized spacial score (nSPS) is 13.2. The minimum Gasteiger partial charge on any atom is -0.497 e. The molecule has 0 unspecified atom stereocenters. The Bertz CT molecular complexity index is 652. The second kappa shape index (κ2) is 5.25. The van der Waals surface area contributed by atoms with E-state index in [2.05, 4.69) is 20.9 Å². The topological polar surface area (TPSA) is 62.9 Å². The summed E-state index contributed by atoms with van der Waals surface area (Å²) in [5, 5.41) is 12.4. The number of nitrogens with one attached hydrogen (secondary N) is 1. The molecule has 1 N–H and O–H groups in total. The number of anilines is 1. The standard InChI is InChI=1S/C15H16N4O/c1-20-12-5-3-11(4-6-12)9-14-18-13(10-16)15-17-7-2-8-19(14)15/h3-6,17H,2,7-9H2,1H3. The van der Waals surface area contributed by atoms with E-state index in [1.54, 1.807) is 7.11 Å². The number of rotatable bonds is 3. The monoisotopic (exact) mass is 268 g/mol. The van der Waals surface area contributed by atoms with Gasteiger partial charge in [-0.25, -0.2) is 4.98 Å². The Hall–Kier alpha value is -2.48. The minimum atomic E-state index is 0.494. The number of hydrogen-bond acceptors (Lipinski definition) is 4. The summed E-state index contributed by atoms with van der Waals surface area (Å²) in [6.07, 6.45) is 1.78. The molecule has 102 valence electrons. The van der Waals surface area contributed by atoms with Gasteiger partial charge in [0.1, 0.15) is 23.5 Å². The Labute approximate surface area is 117 Å². The lowest BCUT2D eigenvalue weighted by Crippen LogP contribution is -2.18. The molecule has 0 spiro atoms. The molecule has 1 aromatic carbocycles. The SMILES string of the molecule is COc1ccc(Cc2nc(C#N)c3n2CCCN3)cc1. The van der Waals surface area contributed by atoms with Crippen LogP contribution < -0.4 is 10.1 Å². The zero-order valence-corrected chi connectivity index (χ0v) is 11.4. The molecule has 0 atom stereocenters. The molecule has 5 heteroatoms. The molecule has 0 radical (unpaired) electrons. The second-order valence-corrected chi connectivity index (χ2v) is 4.79. The van der Waals surface area contributed by atoms with Crippen molar-refractivity contribution in [1.29, 1.82) is 5.26 Å². The fourth-order valence-corrected chi connectivity index (χ4v) is 2.50. The number of imidazole rings is 1. The summed E-state index contributed by atoms with van der Waals surface area (Å²) in [4.78, 5) is 4.46. The van der Waals surface area contributed by atoms with Crippen LogP contribution in [-0.2, 0) is 13.0 Å². The van der Waals surface area contributed by atoms with Crippen molar-refractivity contribution in [2.45, 2.75) is 19.4 Å². The van der Waals surface area contributed by atoms with Gasteiger partial charge in [-0.1, -0.05) is 12.1 Å². The van der Waals surface area contributed by atoms with Crippen molar-refractivity contribution in [2.75, 3.05) is 19.0 Å². The molecule has 0 saturated carbocycles. The first kappa shape index (κ1) is 12.5. The summed E-state index contributed by atoms with van der Waals surface area (Å²) in [7, 11) is 1.66. The maximum atomic E-state index is 9.16. The van der Waals surface area contributed by atoms with Crippen molar-refractivity contribution in [3.8, 4) is 11.8 Å². The highest BCUT2D eigenvalue weighted by Gasteiger charge is 2.19. The lowest BCUT2D eigenvalue weighted by molar-refractivity contribution is 0.414. The summed E-state index contributed by atoms with van der Waals surface area (Å²) in [5.74, 6) is 2.65. The van der Waals surface area contributed by atoms with E-state index in [-0.39, 0.29) is 0 Å². The van der Waals surface area contributed by atoms with Crippen LogP contribution in [0, 0.1) is 11.3 Å². The Morgan fingerprint density at radius 1 is 1.40 bits per heavy atom. The maximum Gasteiger partial charge on any atom is 0.183 e. The Balaban J connectivity index is 1.90. The van der Waals surface area contributed by atoms with E-state index in [4.69, 9.17) is 10.00 Å². The molecule has 0 saturated heterocycles. The number of methoxy groups -OCH3 is 1. The van der Waals surface area contributed by atoms with Crippen LogP contribution in [0.2, 0.25) is 0 Å². The average molecular weight is 268 g/mol. The third-order valence-corrected chi connectivity index (χ3v) is 3.52. The average Bonchev–Trinajstić information content (AvgIpc) is 2.86. The molecule has 1 aliphatic heterocycles. The third kappa shape index (κ3) is 2.21. The van der Waals surface area contributed by atoms with Crippen molar-refractivity contribution in [3.63, 3.8) is 0 Å². The Morgan fingerprint density at radius 2 is 2.20 bits per heavy atom. The third-order valence-electron chi connectivity index (χ3n) is 3.52. The molecule has 20 heavy (non-hydrogen) atoms. The van der Waals surface area contributed by atoms with Gasteiger partial charge in [-0.3, -0.25) is 0 Å². The van der Waals surface area contributed by atoms with Crippen LogP contribution in [0.1, 0.15) is 23.5 Å². The smallest absolute Gasteiger partial charge is 0.183 e. The van der Waals surface area contributed by atoms with Gasteiger partial charge < -0.3 is 14.6 Å². The number of nitriles is 1. The van der Waals surface area contributed by atoms with Gasteiger partial charge in [0.05, 0.1) is 7.11 Å². The summed E-state index contributed by atoms with van der Waals surface area (Å²) >= 11 is 0. The highest BCUT2D eigenvalue weighted by Crippen LogP contribution is 2.23. The fourth-order valence-electron chi connectivity index (χ4n) is 2.50. The van der Waals surface area contributed by atoms with Crippen LogP contribution >= 0.6 is 0 Å². The number of aromatic nitrogens is 2. The quantitative estimate of drug-likeness (QED) is 0.926. The second-order valence-electron chi connectivity index (χ2n) is 4.79. The van der Waals surface area contributed by atoms with E-state index in [0.717, 1.165) is 48.9 Å². The van der Waals surface area contributed by atoms with Gasteiger partial charge >= 0.3 is 0 Å². The van der Waals surface area contributed by atoms with Crippen LogP contribution in [-0.4, -0.2) is 23.2 Å². The molecule has 0 aliphatic carbocycles. The zero-order chi connectivity index (χ0) is 13.9.